The fourth-order valence-electron chi connectivity index (χ4n) is 3.77. The second kappa shape index (κ2) is 11.7. The highest BCUT2D eigenvalue weighted by atomic mass is 32.2. The number of esters is 1. The molecular formula is C24H28N4O5S. The summed E-state index contributed by atoms with van der Waals surface area (Å²) in [5.74, 6) is -1.27. The number of aromatic amines is 1. The van der Waals surface area contributed by atoms with Crippen molar-refractivity contribution < 1.29 is 22.7 Å². The third-order valence-corrected chi connectivity index (χ3v) is 5.97. The van der Waals surface area contributed by atoms with Gasteiger partial charge in [0.25, 0.3) is 0 Å². The summed E-state index contributed by atoms with van der Waals surface area (Å²) in [4.78, 5) is 25.2. The zero-order valence-electron chi connectivity index (χ0n) is 19.1. The van der Waals surface area contributed by atoms with Gasteiger partial charge in [-0.25, -0.2) is 13.1 Å². The van der Waals surface area contributed by atoms with Crippen molar-refractivity contribution in [2.75, 3.05) is 12.9 Å². The minimum atomic E-state index is -3.68. The lowest BCUT2D eigenvalue weighted by molar-refractivity contribution is -0.145. The largest absolute Gasteiger partial charge is 0.465 e. The van der Waals surface area contributed by atoms with E-state index in [1.54, 1.807) is 6.92 Å². The van der Waals surface area contributed by atoms with Gasteiger partial charge in [-0.3, -0.25) is 9.59 Å². The van der Waals surface area contributed by atoms with Gasteiger partial charge < -0.3 is 4.74 Å². The molecule has 1 heterocycles. The fourth-order valence-corrected chi connectivity index (χ4v) is 4.48. The maximum absolute atomic E-state index is 12.7. The van der Waals surface area contributed by atoms with Gasteiger partial charge in [-0.1, -0.05) is 54.6 Å². The van der Waals surface area contributed by atoms with E-state index in [4.69, 9.17) is 4.74 Å². The number of nitrogens with zero attached hydrogens (tertiary/aromatic N) is 2. The van der Waals surface area contributed by atoms with E-state index in [-0.39, 0.29) is 36.8 Å². The molecular weight excluding hydrogens is 456 g/mol. The third-order valence-electron chi connectivity index (χ3n) is 5.26. The average Bonchev–Trinajstić information content (AvgIpc) is 3.34. The van der Waals surface area contributed by atoms with Gasteiger partial charge in [-0.2, -0.15) is 15.4 Å². The number of ketones is 1. The van der Waals surface area contributed by atoms with Crippen LogP contribution in [0.15, 0.2) is 60.8 Å². The number of aromatic nitrogens is 3. The van der Waals surface area contributed by atoms with Crippen LogP contribution < -0.4 is 4.72 Å². The lowest BCUT2D eigenvalue weighted by atomic mass is 9.87. The molecule has 0 amide bonds. The van der Waals surface area contributed by atoms with Crippen molar-refractivity contribution in [3.05, 3.63) is 72.1 Å². The highest BCUT2D eigenvalue weighted by molar-refractivity contribution is 7.88. The van der Waals surface area contributed by atoms with Gasteiger partial charge in [-0.15, -0.1) is 0 Å². The van der Waals surface area contributed by atoms with Crippen molar-refractivity contribution in [1.82, 2.24) is 20.1 Å². The normalized spacial score (nSPS) is 13.2. The van der Waals surface area contributed by atoms with E-state index in [0.29, 0.717) is 6.42 Å². The van der Waals surface area contributed by atoms with E-state index in [9.17, 15) is 18.0 Å². The molecule has 3 aromatic rings. The van der Waals surface area contributed by atoms with Crippen LogP contribution in [0.2, 0.25) is 0 Å². The number of carbonyl (C=O) groups is 2. The molecule has 180 valence electrons. The van der Waals surface area contributed by atoms with Crippen molar-refractivity contribution in [2.45, 2.75) is 32.2 Å². The van der Waals surface area contributed by atoms with Gasteiger partial charge in [0.1, 0.15) is 11.7 Å². The summed E-state index contributed by atoms with van der Waals surface area (Å²) >= 11 is 0. The van der Waals surface area contributed by atoms with E-state index in [1.807, 2.05) is 54.6 Å². The number of Topliss-reactive ketones (excluding diaryl/α,β-unsaturated/α-hetero) is 1. The molecule has 0 bridgehead atoms. The molecule has 2 atom stereocenters. The van der Waals surface area contributed by atoms with Gasteiger partial charge in [0.15, 0.2) is 5.78 Å². The van der Waals surface area contributed by atoms with Crippen LogP contribution in [-0.2, 0) is 26.0 Å². The Balaban J connectivity index is 1.82. The van der Waals surface area contributed by atoms with Gasteiger partial charge in [-0.05, 0) is 42.4 Å². The number of hydrogen-bond acceptors (Lipinski definition) is 7. The Labute approximate surface area is 199 Å². The van der Waals surface area contributed by atoms with E-state index < -0.39 is 22.0 Å². The summed E-state index contributed by atoms with van der Waals surface area (Å²) in [5.41, 5.74) is 3.29. The number of benzene rings is 2. The number of ether oxygens (including phenoxy) is 1. The third kappa shape index (κ3) is 7.60. The zero-order valence-corrected chi connectivity index (χ0v) is 19.9. The van der Waals surface area contributed by atoms with Gasteiger partial charge in [0, 0.05) is 6.42 Å². The Kier molecular flexibility index (Phi) is 8.67. The minimum Gasteiger partial charge on any atom is -0.465 e. The van der Waals surface area contributed by atoms with E-state index >= 15 is 0 Å². The van der Waals surface area contributed by atoms with Gasteiger partial charge in [0.05, 0.1) is 19.1 Å². The van der Waals surface area contributed by atoms with Crippen molar-refractivity contribution in [3.8, 4) is 11.1 Å². The number of nitrogens with one attached hydrogen (secondary N) is 2. The highest BCUT2D eigenvalue weighted by Crippen LogP contribution is 2.24. The number of sulfonamides is 1. The van der Waals surface area contributed by atoms with Crippen LogP contribution in [0.1, 0.15) is 35.8 Å². The van der Waals surface area contributed by atoms with Crippen LogP contribution in [0.3, 0.4) is 0 Å². The van der Waals surface area contributed by atoms with Crippen molar-refractivity contribution >= 4 is 21.8 Å². The molecule has 10 heteroatoms. The molecule has 0 aliphatic carbocycles. The molecule has 0 spiro atoms. The molecule has 9 nitrogen and oxygen atoms in total. The number of H-pyrrole nitrogens is 1. The van der Waals surface area contributed by atoms with Crippen LogP contribution >= 0.6 is 0 Å². The lowest BCUT2D eigenvalue weighted by Gasteiger charge is -2.22. The number of carbonyl (C=O) groups excluding carboxylic acids is 2. The summed E-state index contributed by atoms with van der Waals surface area (Å²) in [5, 5.41) is 9.92. The first-order chi connectivity index (χ1) is 16.2. The maximum atomic E-state index is 12.7. The zero-order chi connectivity index (χ0) is 24.6. The van der Waals surface area contributed by atoms with Crippen molar-refractivity contribution in [3.63, 3.8) is 0 Å². The summed E-state index contributed by atoms with van der Waals surface area (Å²) in [7, 11) is -3.68. The van der Waals surface area contributed by atoms with Crippen molar-refractivity contribution in [2.24, 2.45) is 5.92 Å². The fraction of sp³-hybridized carbons (Fsp3) is 0.333. The van der Waals surface area contributed by atoms with Crippen LogP contribution in [0.25, 0.3) is 11.1 Å². The molecule has 2 N–H and O–H groups in total. The summed E-state index contributed by atoms with van der Waals surface area (Å²) in [6.07, 6.45) is 2.94. The second-order valence-electron chi connectivity index (χ2n) is 8.05. The second-order valence-corrected chi connectivity index (χ2v) is 9.83. The van der Waals surface area contributed by atoms with Gasteiger partial charge in [0.2, 0.25) is 10.0 Å². The van der Waals surface area contributed by atoms with Crippen LogP contribution in [0.4, 0.5) is 0 Å². The average molecular weight is 485 g/mol. The Morgan fingerprint density at radius 2 is 1.74 bits per heavy atom. The van der Waals surface area contributed by atoms with Crippen LogP contribution in [0.5, 0.6) is 0 Å². The Hall–Kier alpha value is -3.37. The molecule has 0 aliphatic rings. The molecule has 2 aromatic carbocycles. The van der Waals surface area contributed by atoms with E-state index in [2.05, 4.69) is 20.1 Å². The van der Waals surface area contributed by atoms with Crippen LogP contribution in [-0.4, -0.2) is 54.5 Å². The molecule has 1 aromatic heterocycles. The molecule has 0 saturated heterocycles. The van der Waals surface area contributed by atoms with Gasteiger partial charge >= 0.3 is 5.97 Å². The summed E-state index contributed by atoms with van der Waals surface area (Å²) < 4.78 is 31.1. The minimum absolute atomic E-state index is 0.0638. The Morgan fingerprint density at radius 3 is 2.32 bits per heavy atom. The van der Waals surface area contributed by atoms with E-state index in [1.165, 1.54) is 6.20 Å². The summed E-state index contributed by atoms with van der Waals surface area (Å²) in [6.45, 7) is 1.76. The summed E-state index contributed by atoms with van der Waals surface area (Å²) in [6, 6.07) is 16.8. The lowest BCUT2D eigenvalue weighted by Crippen LogP contribution is -2.43. The standard InChI is InChI=1S/C24H28N4O5S/c1-3-33-24(30)21(27-34(2,31)32)14-18(15-23(29)22-16-25-28-26-22)13-17-9-11-20(12-10-17)19-7-5-4-6-8-19/h4-12,16,18,21,27H,3,13-15H2,1-2H3,(H,25,26,28)/t18-,21-/m1/s1. The molecule has 0 radical (unpaired) electrons. The molecule has 0 fully saturated rings. The molecule has 34 heavy (non-hydrogen) atoms. The first-order valence-corrected chi connectivity index (χ1v) is 12.8. The Bertz CT molecular complexity index is 1180. The molecule has 0 unspecified atom stereocenters. The first-order valence-electron chi connectivity index (χ1n) is 10.9. The molecule has 3 rings (SSSR count). The maximum Gasteiger partial charge on any atom is 0.324 e. The van der Waals surface area contributed by atoms with E-state index in [0.717, 1.165) is 22.9 Å². The smallest absolute Gasteiger partial charge is 0.324 e. The highest BCUT2D eigenvalue weighted by Gasteiger charge is 2.29. The van der Waals surface area contributed by atoms with Crippen molar-refractivity contribution in [1.29, 1.82) is 0 Å². The topological polar surface area (TPSA) is 131 Å². The SMILES string of the molecule is CCOC(=O)[C@@H](C[C@H](CC(=O)c1cn[nH]n1)Cc1ccc(-c2ccccc2)cc1)NS(C)(=O)=O. The number of rotatable bonds is 12. The molecule has 0 aliphatic heterocycles. The molecule has 0 saturated carbocycles. The predicted octanol–water partition coefficient (Wildman–Crippen LogP) is 2.77. The Morgan fingerprint density at radius 1 is 1.06 bits per heavy atom. The first kappa shape index (κ1) is 25.3. The number of hydrogen-bond donors (Lipinski definition) is 2. The monoisotopic (exact) mass is 484 g/mol. The van der Waals surface area contributed by atoms with Crippen LogP contribution in [0, 0.1) is 5.92 Å². The predicted molar refractivity (Wildman–Crippen MR) is 127 cm³/mol. The quantitative estimate of drug-likeness (QED) is 0.298.